The molecule has 20 heavy (non-hydrogen) atoms. The smallest absolute Gasteiger partial charge is 0.145 e. The molecule has 0 aromatic heterocycles. The molecular weight excluding hydrogens is 258 g/mol. The molecule has 0 spiro atoms. The van der Waals surface area contributed by atoms with E-state index in [1.165, 1.54) is 0 Å². The van der Waals surface area contributed by atoms with Gasteiger partial charge in [-0.2, -0.15) is 0 Å². The molecule has 0 aliphatic heterocycles. The predicted molar refractivity (Wildman–Crippen MR) is 75.6 cm³/mol. The third-order valence-corrected chi connectivity index (χ3v) is 2.66. The van der Waals surface area contributed by atoms with E-state index in [9.17, 15) is 0 Å². The molecule has 0 amide bonds. The average molecular weight is 277 g/mol. The van der Waals surface area contributed by atoms with Gasteiger partial charge in [0.05, 0.1) is 11.8 Å². The van der Waals surface area contributed by atoms with Gasteiger partial charge < -0.3 is 9.57 Å². The van der Waals surface area contributed by atoms with Crippen molar-refractivity contribution in [3.63, 3.8) is 0 Å². The maximum atomic E-state index is 8.15. The maximum absolute atomic E-state index is 8.15. The zero-order chi connectivity index (χ0) is 14.5. The summed E-state index contributed by atoms with van der Waals surface area (Å²) in [5.41, 5.74) is 8.90. The van der Waals surface area contributed by atoms with Crippen LogP contribution < -0.4 is 0 Å². The zero-order valence-corrected chi connectivity index (χ0v) is 11.6. The SMILES string of the molecule is COC(CCCCN=[N+]=[N-])CON=Nc1ccccc1. The number of hydrogen-bond donors (Lipinski definition) is 0. The molecule has 0 heterocycles. The highest BCUT2D eigenvalue weighted by Gasteiger charge is 2.07. The first-order chi connectivity index (χ1) is 9.86. The summed E-state index contributed by atoms with van der Waals surface area (Å²) in [4.78, 5) is 7.82. The van der Waals surface area contributed by atoms with Gasteiger partial charge in [0, 0.05) is 23.8 Å². The number of methoxy groups -OCH3 is 1. The molecule has 108 valence electrons. The van der Waals surface area contributed by atoms with Crippen molar-refractivity contribution in [2.45, 2.75) is 25.4 Å². The number of nitrogens with zero attached hydrogens (tertiary/aromatic N) is 5. The van der Waals surface area contributed by atoms with Gasteiger partial charge in [0.25, 0.3) is 0 Å². The minimum absolute atomic E-state index is 0.0317. The van der Waals surface area contributed by atoms with Gasteiger partial charge in [-0.25, -0.2) is 0 Å². The number of azide groups is 1. The lowest BCUT2D eigenvalue weighted by atomic mass is 10.1. The first-order valence-corrected chi connectivity index (χ1v) is 6.48. The molecule has 1 rings (SSSR count). The predicted octanol–water partition coefficient (Wildman–Crippen LogP) is 4.20. The molecule has 7 nitrogen and oxygen atoms in total. The Hall–Kier alpha value is -2.11. The molecule has 1 unspecified atom stereocenters. The van der Waals surface area contributed by atoms with Crippen LogP contribution in [-0.2, 0) is 9.57 Å². The van der Waals surface area contributed by atoms with E-state index >= 15 is 0 Å². The van der Waals surface area contributed by atoms with Crippen molar-refractivity contribution in [3.05, 3.63) is 40.8 Å². The van der Waals surface area contributed by atoms with Crippen LogP contribution in [0.3, 0.4) is 0 Å². The summed E-state index contributed by atoms with van der Waals surface area (Å²) < 4.78 is 5.28. The summed E-state index contributed by atoms with van der Waals surface area (Å²) in [6, 6.07) is 9.37. The lowest BCUT2D eigenvalue weighted by molar-refractivity contribution is -0.000946. The third-order valence-electron chi connectivity index (χ3n) is 2.66. The topological polar surface area (TPSA) is 91.9 Å². The van der Waals surface area contributed by atoms with E-state index in [4.69, 9.17) is 15.1 Å². The molecule has 0 radical (unpaired) electrons. The van der Waals surface area contributed by atoms with Crippen molar-refractivity contribution in [2.24, 2.45) is 15.5 Å². The summed E-state index contributed by atoms with van der Waals surface area (Å²) in [6.45, 7) is 0.871. The fourth-order valence-electron chi connectivity index (χ4n) is 1.56. The normalized spacial score (nSPS) is 12.1. The second-order valence-corrected chi connectivity index (χ2v) is 4.12. The summed E-state index contributed by atoms with van der Waals surface area (Å²) in [5, 5.41) is 11.1. The number of benzene rings is 1. The molecule has 0 aliphatic carbocycles. The molecule has 0 saturated carbocycles. The van der Waals surface area contributed by atoms with Crippen molar-refractivity contribution in [1.82, 2.24) is 0 Å². The number of ether oxygens (including phenoxy) is 1. The maximum Gasteiger partial charge on any atom is 0.145 e. The zero-order valence-electron chi connectivity index (χ0n) is 11.6. The minimum atomic E-state index is -0.0317. The van der Waals surface area contributed by atoms with Gasteiger partial charge in [0.15, 0.2) is 0 Å². The van der Waals surface area contributed by atoms with E-state index in [0.717, 1.165) is 24.9 Å². The van der Waals surface area contributed by atoms with Gasteiger partial charge in [0.1, 0.15) is 6.61 Å². The molecule has 1 aromatic rings. The molecule has 0 aliphatic rings. The summed E-state index contributed by atoms with van der Waals surface area (Å²) >= 11 is 0. The summed E-state index contributed by atoms with van der Waals surface area (Å²) in [5.74, 6) is 0. The highest BCUT2D eigenvalue weighted by molar-refractivity contribution is 5.34. The Bertz CT molecular complexity index is 432. The highest BCUT2D eigenvalue weighted by atomic mass is 16.7. The van der Waals surface area contributed by atoms with Gasteiger partial charge >= 0.3 is 0 Å². The lowest BCUT2D eigenvalue weighted by Gasteiger charge is -2.12. The van der Waals surface area contributed by atoms with Crippen molar-refractivity contribution in [2.75, 3.05) is 20.3 Å². The van der Waals surface area contributed by atoms with E-state index in [2.05, 4.69) is 20.4 Å². The van der Waals surface area contributed by atoms with Crippen molar-refractivity contribution >= 4 is 5.69 Å². The highest BCUT2D eigenvalue weighted by Crippen LogP contribution is 2.11. The summed E-state index contributed by atoms with van der Waals surface area (Å²) in [7, 11) is 1.63. The monoisotopic (exact) mass is 277 g/mol. The molecule has 1 aromatic carbocycles. The molecule has 0 N–H and O–H groups in total. The fourth-order valence-corrected chi connectivity index (χ4v) is 1.56. The van der Waals surface area contributed by atoms with E-state index in [1.54, 1.807) is 7.11 Å². The van der Waals surface area contributed by atoms with Gasteiger partial charge in [-0.3, -0.25) is 0 Å². The van der Waals surface area contributed by atoms with Gasteiger partial charge in [-0.15, -0.1) is 5.11 Å². The number of hydrogen-bond acceptors (Lipinski definition) is 5. The van der Waals surface area contributed by atoms with Crippen molar-refractivity contribution < 1.29 is 9.57 Å². The Morgan fingerprint density at radius 3 is 2.75 bits per heavy atom. The van der Waals surface area contributed by atoms with Crippen LogP contribution in [0, 0.1) is 0 Å². The first-order valence-electron chi connectivity index (χ1n) is 6.48. The van der Waals surface area contributed by atoms with Crippen LogP contribution >= 0.6 is 0 Å². The van der Waals surface area contributed by atoms with Crippen LogP contribution in [0.25, 0.3) is 10.4 Å². The van der Waals surface area contributed by atoms with Crippen LogP contribution in [0.15, 0.2) is 45.8 Å². The Balaban J connectivity index is 2.17. The molecule has 7 heteroatoms. The van der Waals surface area contributed by atoms with E-state index in [-0.39, 0.29) is 6.10 Å². The van der Waals surface area contributed by atoms with E-state index < -0.39 is 0 Å². The molecule has 0 saturated heterocycles. The van der Waals surface area contributed by atoms with Gasteiger partial charge in [-0.1, -0.05) is 29.7 Å². The number of unbranched alkanes of at least 4 members (excludes halogenated alkanes) is 1. The average Bonchev–Trinajstić information content (AvgIpc) is 2.50. The quantitative estimate of drug-likeness (QED) is 0.211. The van der Waals surface area contributed by atoms with Crippen molar-refractivity contribution in [1.29, 1.82) is 0 Å². The van der Waals surface area contributed by atoms with Crippen LogP contribution in [0.1, 0.15) is 19.3 Å². The van der Waals surface area contributed by atoms with Crippen LogP contribution in [0.4, 0.5) is 5.69 Å². The minimum Gasteiger partial charge on any atom is -0.378 e. The van der Waals surface area contributed by atoms with Crippen LogP contribution in [0.2, 0.25) is 0 Å². The third kappa shape index (κ3) is 7.35. The van der Waals surface area contributed by atoms with Gasteiger partial charge in [-0.05, 0) is 30.5 Å². The lowest BCUT2D eigenvalue weighted by Crippen LogP contribution is -2.16. The number of rotatable bonds is 10. The Labute approximate surface area is 118 Å². The van der Waals surface area contributed by atoms with Crippen LogP contribution in [-0.4, -0.2) is 26.4 Å². The van der Waals surface area contributed by atoms with E-state index in [1.807, 2.05) is 30.3 Å². The standard InChI is InChI=1S/C13H19N5O2/c1-19-13(9-5-6-10-15-17-14)11-20-18-16-12-7-3-2-4-8-12/h2-4,7-8,13H,5-6,9-11H2,1H3. The van der Waals surface area contributed by atoms with Gasteiger partial charge in [0.2, 0.25) is 0 Å². The summed E-state index contributed by atoms with van der Waals surface area (Å²) in [6.07, 6.45) is 2.56. The Morgan fingerprint density at radius 2 is 2.05 bits per heavy atom. The molecular formula is C13H19N5O2. The molecule has 0 fully saturated rings. The first kappa shape index (κ1) is 15.9. The second kappa shape index (κ2) is 10.8. The second-order valence-electron chi connectivity index (χ2n) is 4.12. The Morgan fingerprint density at radius 1 is 1.25 bits per heavy atom. The largest absolute Gasteiger partial charge is 0.378 e. The molecule has 0 bridgehead atoms. The molecule has 1 atom stereocenters. The van der Waals surface area contributed by atoms with Crippen LogP contribution in [0.5, 0.6) is 0 Å². The van der Waals surface area contributed by atoms with E-state index in [0.29, 0.717) is 13.2 Å². The van der Waals surface area contributed by atoms with Crippen molar-refractivity contribution in [3.8, 4) is 0 Å². The Kier molecular flexibility index (Phi) is 8.59. The fraction of sp³-hybridized carbons (Fsp3) is 0.538.